The number of phenolic OH excluding ortho intramolecular Hbond substituents is 1. The van der Waals surface area contributed by atoms with Crippen LogP contribution in [0.25, 0.3) is 0 Å². The van der Waals surface area contributed by atoms with Crippen LogP contribution < -0.4 is 52.0 Å². The quantitative estimate of drug-likeness (QED) is 0.0288. The fourth-order valence-corrected chi connectivity index (χ4v) is 20.2. The van der Waals surface area contributed by atoms with E-state index in [1.54, 1.807) is 36.4 Å². The summed E-state index contributed by atoms with van der Waals surface area (Å²) in [5, 5.41) is 35.5. The van der Waals surface area contributed by atoms with Crippen LogP contribution in [0.5, 0.6) is 17.2 Å². The van der Waals surface area contributed by atoms with Crippen LogP contribution in [0.15, 0.2) is 285 Å². The number of benzene rings is 13. The minimum Gasteiger partial charge on any atom is -0.506 e. The summed E-state index contributed by atoms with van der Waals surface area (Å²) in [6.07, 6.45) is 10.4. The van der Waals surface area contributed by atoms with Crippen LogP contribution in [-0.2, 0) is 31.2 Å². The van der Waals surface area contributed by atoms with E-state index in [0.717, 1.165) is 165 Å². The molecule has 19 nitrogen and oxygen atoms in total. The van der Waals surface area contributed by atoms with Crippen LogP contribution in [0.1, 0.15) is 226 Å². The van der Waals surface area contributed by atoms with E-state index in [9.17, 15) is 43.5 Å². The zero-order valence-corrected chi connectivity index (χ0v) is 77.1. The summed E-state index contributed by atoms with van der Waals surface area (Å²) in [6, 6.07) is 89.3. The molecular formula is C114H114N8O11. The predicted molar refractivity (Wildman–Crippen MR) is 526 cm³/mol. The summed E-state index contributed by atoms with van der Waals surface area (Å²) in [4.78, 5) is 113. The summed E-state index contributed by atoms with van der Waals surface area (Å²) < 4.78 is 11.3. The number of hydrogen-bond acceptors (Lipinski definition) is 11. The van der Waals surface area contributed by atoms with Crippen LogP contribution in [0.3, 0.4) is 0 Å². The first-order valence-electron chi connectivity index (χ1n) is 45.7. The number of aryl methyl sites for hydroxylation is 8. The lowest BCUT2D eigenvalue weighted by Crippen LogP contribution is -2.48. The van der Waals surface area contributed by atoms with E-state index in [4.69, 9.17) is 9.47 Å². The van der Waals surface area contributed by atoms with Crippen LogP contribution in [0, 0.1) is 55.4 Å². The maximum absolute atomic E-state index is 14.4. The van der Waals surface area contributed by atoms with Crippen molar-refractivity contribution in [2.24, 2.45) is 0 Å². The van der Waals surface area contributed by atoms with Crippen molar-refractivity contribution >= 4 is 70.0 Å². The Hall–Kier alpha value is -15.0. The first-order chi connectivity index (χ1) is 64.3. The van der Waals surface area contributed by atoms with Gasteiger partial charge in [0.1, 0.15) is 28.1 Å². The number of para-hydroxylation sites is 1. The van der Waals surface area contributed by atoms with E-state index in [1.807, 2.05) is 237 Å². The molecule has 22 rings (SSSR count). The third kappa shape index (κ3) is 19.1. The Morgan fingerprint density at radius 2 is 0.519 bits per heavy atom. The molecule has 7 aliphatic heterocycles. The van der Waals surface area contributed by atoms with Crippen LogP contribution in [0.4, 0.5) is 22.7 Å². The molecule has 12 bridgehead atoms. The Kier molecular flexibility index (Phi) is 28.3. The molecule has 13 aromatic carbocycles. The van der Waals surface area contributed by atoms with Gasteiger partial charge in [-0.2, -0.15) is 0 Å². The Morgan fingerprint density at radius 1 is 0.301 bits per heavy atom. The topological polar surface area (TPSA) is 271 Å². The van der Waals surface area contributed by atoms with Crippen molar-refractivity contribution in [3.05, 3.63) is 419 Å². The number of carbonyl (C=O) groups excluding carboxylic acids is 8. The second-order valence-electron chi connectivity index (χ2n) is 35.4. The number of carbonyl (C=O) groups is 8. The minimum atomic E-state index is -1.18. The molecule has 0 aromatic heterocycles. The van der Waals surface area contributed by atoms with E-state index in [0.29, 0.717) is 33.8 Å². The standard InChI is InChI=1S/C62H68N4O6.C52H46N4O5/c1-35-21-47-22-36(2)53(35)63-57(67)43-29-44(32-51(31-43)71-9)58(68)65-55-39(5)25-49(26-40(55)6)62(19-15-12-16-20-62)50-27-41(7)56(42(8)28-50)66-60(70)46-30-45(33-52(34-46)72-10)59(69)64-54-37(3)23-48(24-38(54)4)61(47)17-13-11-14-18-61;57-46-44(47(58)53-34-36-55-49(60)51(38-20-7-1-8-21-38,39-22-9-2-10-23-39)40-24-11-3-12-25-40)32-19-33-45(46)48(59)54-35-37-56-50(61)52(41-26-13-4-14-27-41,42-28-15-5-16-29-42)43-30-17-6-18-31-43/h21-34H,11-20H2,1-10H3,(H,63,67)(H,64,69)(H,65,68)(H,66,70);1-33,57H,34-37H2,(H,53,58)(H,54,59)(H,55,60)(H,56,61). The van der Waals surface area contributed by atoms with Crippen LogP contribution in [-0.4, -0.2) is 92.8 Å². The molecule has 7 heterocycles. The van der Waals surface area contributed by atoms with Gasteiger partial charge in [0.25, 0.3) is 35.4 Å². The highest BCUT2D eigenvalue weighted by Crippen LogP contribution is 2.51. The molecule has 2 spiro atoms. The Morgan fingerprint density at radius 3 is 0.737 bits per heavy atom. The van der Waals surface area contributed by atoms with Crippen molar-refractivity contribution in [3.63, 3.8) is 0 Å². The number of hydrogen-bond donors (Lipinski definition) is 9. The first kappa shape index (κ1) is 92.7. The molecule has 2 aliphatic carbocycles. The van der Waals surface area contributed by atoms with Gasteiger partial charge in [0.15, 0.2) is 0 Å². The van der Waals surface area contributed by atoms with Crippen LogP contribution in [0.2, 0.25) is 0 Å². The molecule has 0 radical (unpaired) electrons. The second kappa shape index (κ2) is 40.6. The van der Waals surface area contributed by atoms with Crippen molar-refractivity contribution in [1.82, 2.24) is 21.3 Å². The van der Waals surface area contributed by atoms with Gasteiger partial charge in [0.05, 0.1) is 25.3 Å². The number of phenols is 1. The summed E-state index contributed by atoms with van der Waals surface area (Å²) in [6.45, 7) is 16.5. The average Bonchev–Trinajstić information content (AvgIpc) is 0.740. The van der Waals surface area contributed by atoms with E-state index < -0.39 is 28.4 Å². The molecule has 2 saturated carbocycles. The van der Waals surface area contributed by atoms with E-state index in [2.05, 4.69) is 91.1 Å². The molecule has 676 valence electrons. The fourth-order valence-electron chi connectivity index (χ4n) is 20.2. The van der Waals surface area contributed by atoms with Gasteiger partial charge in [0.2, 0.25) is 11.8 Å². The van der Waals surface area contributed by atoms with E-state index >= 15 is 0 Å². The summed E-state index contributed by atoms with van der Waals surface area (Å²) in [5.41, 5.74) is 18.0. The van der Waals surface area contributed by atoms with E-state index in [1.165, 1.54) is 54.7 Å². The van der Waals surface area contributed by atoms with E-state index in [-0.39, 0.29) is 83.6 Å². The van der Waals surface area contributed by atoms with Crippen molar-refractivity contribution in [1.29, 1.82) is 0 Å². The number of nitrogens with one attached hydrogen (secondary N) is 8. The molecule has 9 N–H and O–H groups in total. The molecule has 9 aliphatic rings. The SMILES string of the molecule is COc1cc2cc(c1)C(=O)Nc1c(C)cc(cc1C)C1(CCCCC1)c1cc(C)c(c(C)c1)NC(=O)c1cc(OC)cc(c1)C(=O)Nc1c(C)cc(cc1C)C1(CCCCC1)c1cc(C)c(c(C)c1)NC2=O.O=C(NCCNC(=O)C(c1ccccc1)(c1ccccc1)c1ccccc1)c1cccc(C(=O)NCCNC(=O)C(c2ccccc2)(c2ccccc2)c2ccccc2)c1O. The monoisotopic (exact) mass is 1770 g/mol. The lowest BCUT2D eigenvalue weighted by Gasteiger charge is -2.40. The molecular weight excluding hydrogens is 1660 g/mol. The number of ether oxygens (including phenoxy) is 2. The Labute approximate surface area is 778 Å². The molecule has 133 heavy (non-hydrogen) atoms. The molecule has 0 unspecified atom stereocenters. The van der Waals surface area contributed by atoms with Crippen LogP contribution >= 0.6 is 0 Å². The van der Waals surface area contributed by atoms with Gasteiger partial charge in [-0.3, -0.25) is 38.4 Å². The molecule has 2 fully saturated rings. The number of amides is 8. The smallest absolute Gasteiger partial charge is 0.255 e. The Balaban J connectivity index is 0.000000206. The number of aromatic hydroxyl groups is 1. The number of methoxy groups -OCH3 is 2. The summed E-state index contributed by atoms with van der Waals surface area (Å²) in [5.74, 6) is -2.83. The lowest BCUT2D eigenvalue weighted by molar-refractivity contribution is -0.124. The number of anilines is 4. The van der Waals surface area contributed by atoms with Gasteiger partial charge in [-0.1, -0.05) is 275 Å². The van der Waals surface area contributed by atoms with Gasteiger partial charge in [-0.15, -0.1) is 0 Å². The molecule has 19 heteroatoms. The van der Waals surface area contributed by atoms with Gasteiger partial charge in [-0.05, 0) is 230 Å². The molecule has 0 saturated heterocycles. The minimum absolute atomic E-state index is 0.0466. The van der Waals surface area contributed by atoms with Crippen molar-refractivity contribution in [2.75, 3.05) is 61.7 Å². The van der Waals surface area contributed by atoms with Crippen molar-refractivity contribution < 1.29 is 52.9 Å². The summed E-state index contributed by atoms with van der Waals surface area (Å²) >= 11 is 0. The zero-order chi connectivity index (χ0) is 93.7. The van der Waals surface area contributed by atoms with Gasteiger partial charge in [-0.25, -0.2) is 0 Å². The maximum Gasteiger partial charge on any atom is 0.255 e. The van der Waals surface area contributed by atoms with Gasteiger partial charge in [0, 0.05) is 82.0 Å². The lowest BCUT2D eigenvalue weighted by atomic mass is 9.64. The molecule has 0 atom stereocenters. The maximum atomic E-state index is 14.4. The highest BCUT2D eigenvalue weighted by atomic mass is 16.5. The third-order valence-corrected chi connectivity index (χ3v) is 26.9. The number of rotatable bonds is 18. The highest BCUT2D eigenvalue weighted by Gasteiger charge is 2.46. The molecule has 8 amide bonds. The van der Waals surface area contributed by atoms with Gasteiger partial charge < -0.3 is 57.1 Å². The third-order valence-electron chi connectivity index (χ3n) is 26.9. The first-order valence-corrected chi connectivity index (χ1v) is 45.7. The fraction of sp³-hybridized carbons (Fsp3) is 0.246. The second-order valence-corrected chi connectivity index (χ2v) is 35.4. The Bertz CT molecular complexity index is 5670. The van der Waals surface area contributed by atoms with Crippen molar-refractivity contribution in [3.8, 4) is 17.2 Å². The van der Waals surface area contributed by atoms with Gasteiger partial charge >= 0.3 is 0 Å². The normalized spacial score (nSPS) is 14.2. The molecule has 13 aromatic rings. The largest absolute Gasteiger partial charge is 0.506 e. The zero-order valence-electron chi connectivity index (χ0n) is 77.1. The predicted octanol–water partition coefficient (Wildman–Crippen LogP) is 21.1. The highest BCUT2D eigenvalue weighted by molar-refractivity contribution is 6.12. The average molecular weight is 1770 g/mol. The van der Waals surface area contributed by atoms with Crippen molar-refractivity contribution in [2.45, 2.75) is 141 Å². The summed E-state index contributed by atoms with van der Waals surface area (Å²) in [7, 11) is 3.07.